The second-order valence-electron chi connectivity index (χ2n) is 3.78. The highest BCUT2D eigenvalue weighted by molar-refractivity contribution is 6.20. The molecule has 0 radical (unpaired) electrons. The highest BCUT2D eigenvalue weighted by atomic mass is 35.5. The number of piperazine rings is 1. The molecule has 0 aliphatic carbocycles. The van der Waals surface area contributed by atoms with E-state index in [2.05, 4.69) is 41.4 Å². The lowest BCUT2D eigenvalue weighted by atomic mass is 10.2. The number of nitrogens with zero attached hydrogens (tertiary/aromatic N) is 1. The zero-order valence-corrected chi connectivity index (χ0v) is 9.04. The molecule has 2 rings (SSSR count). The van der Waals surface area contributed by atoms with Gasteiger partial charge in [0.2, 0.25) is 0 Å². The van der Waals surface area contributed by atoms with Crippen molar-refractivity contribution in [1.82, 2.24) is 5.32 Å². The standard InChI is InChI=1S/C11H15ClN2/c1-9-7-14(8-11(12)13-9)10-5-3-2-4-6-10/h2-6,9,11,13H,7-8H2,1H3. The van der Waals surface area contributed by atoms with Gasteiger partial charge >= 0.3 is 0 Å². The van der Waals surface area contributed by atoms with Crippen LogP contribution in [0.2, 0.25) is 0 Å². The normalized spacial score (nSPS) is 27.7. The van der Waals surface area contributed by atoms with Gasteiger partial charge in [-0.1, -0.05) is 18.2 Å². The van der Waals surface area contributed by atoms with Crippen LogP contribution in [-0.2, 0) is 0 Å². The molecule has 3 heteroatoms. The summed E-state index contributed by atoms with van der Waals surface area (Å²) in [6, 6.07) is 10.9. The van der Waals surface area contributed by atoms with E-state index in [-0.39, 0.29) is 5.50 Å². The van der Waals surface area contributed by atoms with E-state index < -0.39 is 0 Å². The minimum Gasteiger partial charge on any atom is -0.367 e. The molecule has 0 spiro atoms. The van der Waals surface area contributed by atoms with Crippen molar-refractivity contribution in [2.24, 2.45) is 0 Å². The summed E-state index contributed by atoms with van der Waals surface area (Å²) in [6.45, 7) is 4.05. The van der Waals surface area contributed by atoms with Crippen molar-refractivity contribution in [3.05, 3.63) is 30.3 Å². The van der Waals surface area contributed by atoms with Crippen LogP contribution >= 0.6 is 11.6 Å². The zero-order valence-electron chi connectivity index (χ0n) is 8.28. The maximum atomic E-state index is 6.10. The molecule has 1 aromatic carbocycles. The summed E-state index contributed by atoms with van der Waals surface area (Å²) in [4.78, 5) is 2.32. The number of rotatable bonds is 1. The molecule has 1 heterocycles. The van der Waals surface area contributed by atoms with E-state index in [0.29, 0.717) is 6.04 Å². The molecule has 2 nitrogen and oxygen atoms in total. The van der Waals surface area contributed by atoms with Gasteiger partial charge in [-0.25, -0.2) is 0 Å². The van der Waals surface area contributed by atoms with Gasteiger partial charge in [-0.05, 0) is 19.1 Å². The summed E-state index contributed by atoms with van der Waals surface area (Å²) in [5, 5.41) is 3.30. The van der Waals surface area contributed by atoms with Crippen LogP contribution in [0.3, 0.4) is 0 Å². The Bertz CT molecular complexity index is 279. The Morgan fingerprint density at radius 3 is 2.64 bits per heavy atom. The third-order valence-electron chi connectivity index (χ3n) is 2.46. The van der Waals surface area contributed by atoms with Crippen molar-refractivity contribution in [2.75, 3.05) is 18.0 Å². The number of halogens is 1. The summed E-state index contributed by atoms with van der Waals surface area (Å²) in [7, 11) is 0. The van der Waals surface area contributed by atoms with E-state index in [9.17, 15) is 0 Å². The molecule has 1 aliphatic heterocycles. The van der Waals surface area contributed by atoms with E-state index in [1.54, 1.807) is 0 Å². The van der Waals surface area contributed by atoms with E-state index in [0.717, 1.165) is 13.1 Å². The van der Waals surface area contributed by atoms with Gasteiger partial charge in [0.1, 0.15) is 5.50 Å². The first-order valence-corrected chi connectivity index (χ1v) is 5.39. The van der Waals surface area contributed by atoms with E-state index >= 15 is 0 Å². The van der Waals surface area contributed by atoms with Crippen molar-refractivity contribution in [2.45, 2.75) is 18.5 Å². The van der Waals surface area contributed by atoms with Gasteiger partial charge in [0.25, 0.3) is 0 Å². The van der Waals surface area contributed by atoms with E-state index in [1.165, 1.54) is 5.69 Å². The first kappa shape index (κ1) is 9.81. The van der Waals surface area contributed by atoms with Gasteiger partial charge in [-0.3, -0.25) is 5.32 Å². The van der Waals surface area contributed by atoms with Crippen LogP contribution in [0.5, 0.6) is 0 Å². The number of benzene rings is 1. The Labute approximate surface area is 89.9 Å². The largest absolute Gasteiger partial charge is 0.367 e. The molecule has 14 heavy (non-hydrogen) atoms. The lowest BCUT2D eigenvalue weighted by molar-refractivity contribution is 0.457. The van der Waals surface area contributed by atoms with Crippen LogP contribution in [0.15, 0.2) is 30.3 Å². The Morgan fingerprint density at radius 1 is 1.29 bits per heavy atom. The van der Waals surface area contributed by atoms with Crippen LogP contribution in [0.25, 0.3) is 0 Å². The fourth-order valence-electron chi connectivity index (χ4n) is 1.86. The fourth-order valence-corrected chi connectivity index (χ4v) is 2.24. The Kier molecular flexibility index (Phi) is 2.94. The van der Waals surface area contributed by atoms with Crippen molar-refractivity contribution in [1.29, 1.82) is 0 Å². The first-order valence-electron chi connectivity index (χ1n) is 4.96. The monoisotopic (exact) mass is 210 g/mol. The maximum absolute atomic E-state index is 6.10. The van der Waals surface area contributed by atoms with Gasteiger partial charge in [-0.15, -0.1) is 11.6 Å². The molecule has 0 bridgehead atoms. The SMILES string of the molecule is CC1CN(c2ccccc2)CC(Cl)N1. The van der Waals surface area contributed by atoms with Crippen molar-refractivity contribution < 1.29 is 0 Å². The quantitative estimate of drug-likeness (QED) is 0.564. The lowest BCUT2D eigenvalue weighted by Gasteiger charge is -2.36. The number of alkyl halides is 1. The minimum atomic E-state index is 0.0546. The Hall–Kier alpha value is -0.730. The third kappa shape index (κ3) is 2.20. The minimum absolute atomic E-state index is 0.0546. The third-order valence-corrected chi connectivity index (χ3v) is 2.73. The number of para-hydroxylation sites is 1. The molecular weight excluding hydrogens is 196 g/mol. The summed E-state index contributed by atoms with van der Waals surface area (Å²) < 4.78 is 0. The van der Waals surface area contributed by atoms with Crippen LogP contribution in [0.1, 0.15) is 6.92 Å². The van der Waals surface area contributed by atoms with Crippen LogP contribution < -0.4 is 10.2 Å². The lowest BCUT2D eigenvalue weighted by Crippen LogP contribution is -2.53. The Morgan fingerprint density at radius 2 is 2.00 bits per heavy atom. The average molecular weight is 211 g/mol. The van der Waals surface area contributed by atoms with Gasteiger partial charge in [0.05, 0.1) is 0 Å². The highest BCUT2D eigenvalue weighted by Crippen LogP contribution is 2.17. The number of nitrogens with one attached hydrogen (secondary N) is 1. The van der Waals surface area contributed by atoms with E-state index in [4.69, 9.17) is 11.6 Å². The van der Waals surface area contributed by atoms with Crippen molar-refractivity contribution >= 4 is 17.3 Å². The second kappa shape index (κ2) is 4.20. The van der Waals surface area contributed by atoms with Gasteiger partial charge in [0, 0.05) is 24.8 Å². The molecule has 2 unspecified atom stereocenters. The van der Waals surface area contributed by atoms with Gasteiger partial charge < -0.3 is 4.90 Å². The molecule has 2 atom stereocenters. The molecule has 0 amide bonds. The van der Waals surface area contributed by atoms with Crippen molar-refractivity contribution in [3.63, 3.8) is 0 Å². The topological polar surface area (TPSA) is 15.3 Å². The van der Waals surface area contributed by atoms with Crippen LogP contribution in [0, 0.1) is 0 Å². The molecule has 1 fully saturated rings. The average Bonchev–Trinajstić information content (AvgIpc) is 2.18. The molecular formula is C11H15ClN2. The summed E-state index contributed by atoms with van der Waals surface area (Å²) in [6.07, 6.45) is 0. The smallest absolute Gasteiger partial charge is 0.100 e. The molecule has 1 N–H and O–H groups in total. The number of anilines is 1. The molecule has 1 aliphatic rings. The maximum Gasteiger partial charge on any atom is 0.100 e. The number of hydrogen-bond acceptors (Lipinski definition) is 2. The number of hydrogen-bond donors (Lipinski definition) is 1. The first-order chi connectivity index (χ1) is 6.75. The fraction of sp³-hybridized carbons (Fsp3) is 0.455. The Balaban J connectivity index is 2.11. The predicted octanol–water partition coefficient (Wildman–Crippen LogP) is 2.05. The zero-order chi connectivity index (χ0) is 9.97. The summed E-state index contributed by atoms with van der Waals surface area (Å²) >= 11 is 6.10. The van der Waals surface area contributed by atoms with Gasteiger partial charge in [-0.2, -0.15) is 0 Å². The van der Waals surface area contributed by atoms with Gasteiger partial charge in [0.15, 0.2) is 0 Å². The summed E-state index contributed by atoms with van der Waals surface area (Å²) in [5.74, 6) is 0. The summed E-state index contributed by atoms with van der Waals surface area (Å²) in [5.41, 5.74) is 1.31. The molecule has 1 aromatic rings. The predicted molar refractivity (Wildman–Crippen MR) is 60.9 cm³/mol. The molecule has 0 saturated carbocycles. The second-order valence-corrected chi connectivity index (χ2v) is 4.30. The molecule has 1 saturated heterocycles. The van der Waals surface area contributed by atoms with Crippen LogP contribution in [-0.4, -0.2) is 24.6 Å². The molecule has 76 valence electrons. The van der Waals surface area contributed by atoms with E-state index in [1.807, 2.05) is 6.07 Å². The molecule has 0 aromatic heterocycles. The van der Waals surface area contributed by atoms with Crippen LogP contribution in [0.4, 0.5) is 5.69 Å². The van der Waals surface area contributed by atoms with Crippen molar-refractivity contribution in [3.8, 4) is 0 Å². The highest BCUT2D eigenvalue weighted by Gasteiger charge is 2.21.